The molecular weight excluding hydrogens is 285 g/mol. The van der Waals surface area contributed by atoms with Crippen LogP contribution in [0, 0.1) is 0 Å². The van der Waals surface area contributed by atoms with Gasteiger partial charge in [0.25, 0.3) is 5.91 Å². The number of likely N-dealkylation sites (N-methyl/N-ethyl adjacent to an activating group) is 1. The minimum atomic E-state index is -0.0569. The van der Waals surface area contributed by atoms with Crippen molar-refractivity contribution in [3.8, 4) is 0 Å². The fraction of sp³-hybridized carbons (Fsp3) is 0.538. The molecule has 1 aliphatic rings. The summed E-state index contributed by atoms with van der Waals surface area (Å²) in [5.41, 5.74) is 0.428. The topological polar surface area (TPSA) is 36.4 Å². The SMILES string of the molecule is CN(C)CC1CCCN1C(=O)c1ccc(Cl)nc1Cl. The van der Waals surface area contributed by atoms with Crippen LogP contribution in [0.3, 0.4) is 0 Å². The Morgan fingerprint density at radius 1 is 1.47 bits per heavy atom. The van der Waals surface area contributed by atoms with Crippen LogP contribution in [0.1, 0.15) is 23.2 Å². The van der Waals surface area contributed by atoms with Crippen LogP contribution in [0.2, 0.25) is 10.3 Å². The molecule has 1 atom stereocenters. The van der Waals surface area contributed by atoms with Gasteiger partial charge in [0.05, 0.1) is 5.56 Å². The van der Waals surface area contributed by atoms with Gasteiger partial charge in [0.15, 0.2) is 0 Å². The van der Waals surface area contributed by atoms with Crippen LogP contribution in [0.15, 0.2) is 12.1 Å². The van der Waals surface area contributed by atoms with Gasteiger partial charge >= 0.3 is 0 Å². The molecule has 1 aromatic rings. The molecule has 2 rings (SSSR count). The van der Waals surface area contributed by atoms with Crippen molar-refractivity contribution in [3.05, 3.63) is 28.0 Å². The largest absolute Gasteiger partial charge is 0.334 e. The van der Waals surface area contributed by atoms with Crippen molar-refractivity contribution in [3.63, 3.8) is 0 Å². The highest BCUT2D eigenvalue weighted by atomic mass is 35.5. The first kappa shape index (κ1) is 14.6. The molecule has 4 nitrogen and oxygen atoms in total. The number of nitrogens with zero attached hydrogens (tertiary/aromatic N) is 3. The zero-order valence-electron chi connectivity index (χ0n) is 11.1. The van der Waals surface area contributed by atoms with E-state index in [0.717, 1.165) is 25.9 Å². The summed E-state index contributed by atoms with van der Waals surface area (Å²) in [7, 11) is 4.02. The Morgan fingerprint density at radius 2 is 2.21 bits per heavy atom. The van der Waals surface area contributed by atoms with Gasteiger partial charge in [-0.1, -0.05) is 23.2 Å². The van der Waals surface area contributed by atoms with Gasteiger partial charge in [0.1, 0.15) is 10.3 Å². The molecule has 0 aromatic carbocycles. The van der Waals surface area contributed by atoms with Gasteiger partial charge in [-0.3, -0.25) is 4.79 Å². The second-order valence-electron chi connectivity index (χ2n) is 5.03. The summed E-state index contributed by atoms with van der Waals surface area (Å²) in [5, 5.41) is 0.473. The third kappa shape index (κ3) is 3.38. The van der Waals surface area contributed by atoms with E-state index in [-0.39, 0.29) is 17.1 Å². The van der Waals surface area contributed by atoms with E-state index in [1.54, 1.807) is 12.1 Å². The molecular formula is C13H17Cl2N3O. The maximum atomic E-state index is 12.5. The Kier molecular flexibility index (Phi) is 4.66. The molecule has 19 heavy (non-hydrogen) atoms. The molecule has 6 heteroatoms. The van der Waals surface area contributed by atoms with E-state index in [1.165, 1.54) is 0 Å². The van der Waals surface area contributed by atoms with Crippen molar-refractivity contribution in [2.45, 2.75) is 18.9 Å². The van der Waals surface area contributed by atoms with Crippen LogP contribution in [0.25, 0.3) is 0 Å². The minimum absolute atomic E-state index is 0.0569. The fourth-order valence-corrected chi connectivity index (χ4v) is 2.87. The summed E-state index contributed by atoms with van der Waals surface area (Å²) in [4.78, 5) is 20.4. The molecule has 1 aromatic heterocycles. The molecule has 0 spiro atoms. The lowest BCUT2D eigenvalue weighted by Crippen LogP contribution is -2.41. The normalized spacial score (nSPS) is 19.2. The number of hydrogen-bond acceptors (Lipinski definition) is 3. The zero-order chi connectivity index (χ0) is 14.0. The molecule has 0 N–H and O–H groups in total. The molecule has 1 amide bonds. The van der Waals surface area contributed by atoms with Crippen LogP contribution < -0.4 is 0 Å². The lowest BCUT2D eigenvalue weighted by Gasteiger charge is -2.27. The monoisotopic (exact) mass is 301 g/mol. The second-order valence-corrected chi connectivity index (χ2v) is 5.77. The van der Waals surface area contributed by atoms with Gasteiger partial charge in [-0.2, -0.15) is 0 Å². The van der Waals surface area contributed by atoms with Crippen molar-refractivity contribution < 1.29 is 4.79 Å². The van der Waals surface area contributed by atoms with E-state index in [1.807, 2.05) is 19.0 Å². The summed E-state index contributed by atoms with van der Waals surface area (Å²) in [5.74, 6) is -0.0569. The third-order valence-electron chi connectivity index (χ3n) is 3.26. The van der Waals surface area contributed by atoms with Gasteiger partial charge in [0, 0.05) is 19.1 Å². The highest BCUT2D eigenvalue weighted by molar-refractivity contribution is 6.34. The van der Waals surface area contributed by atoms with E-state index in [9.17, 15) is 4.79 Å². The standard InChI is InChI=1S/C13H17Cl2N3O/c1-17(2)8-9-4-3-7-18(9)13(19)10-5-6-11(14)16-12(10)15/h5-6,9H,3-4,7-8H2,1-2H3. The molecule has 1 saturated heterocycles. The summed E-state index contributed by atoms with van der Waals surface area (Å²) in [6, 6.07) is 3.48. The van der Waals surface area contributed by atoms with Crippen molar-refractivity contribution in [1.82, 2.24) is 14.8 Å². The molecule has 0 saturated carbocycles. The van der Waals surface area contributed by atoms with Crippen LogP contribution in [-0.2, 0) is 0 Å². The Balaban J connectivity index is 2.18. The molecule has 1 fully saturated rings. The molecule has 2 heterocycles. The fourth-order valence-electron chi connectivity index (χ4n) is 2.44. The summed E-state index contributed by atoms with van der Waals surface area (Å²) >= 11 is 11.8. The van der Waals surface area contributed by atoms with E-state index in [4.69, 9.17) is 23.2 Å². The number of likely N-dealkylation sites (tertiary alicyclic amines) is 1. The third-order valence-corrected chi connectivity index (χ3v) is 3.76. The highest BCUT2D eigenvalue weighted by Crippen LogP contribution is 2.24. The zero-order valence-corrected chi connectivity index (χ0v) is 12.6. The molecule has 0 radical (unpaired) electrons. The first-order valence-electron chi connectivity index (χ1n) is 6.27. The first-order valence-corrected chi connectivity index (χ1v) is 7.02. The number of carbonyl (C=O) groups is 1. The van der Waals surface area contributed by atoms with Gasteiger partial charge in [-0.15, -0.1) is 0 Å². The number of pyridine rings is 1. The van der Waals surface area contributed by atoms with E-state index >= 15 is 0 Å². The Morgan fingerprint density at radius 3 is 2.84 bits per heavy atom. The average Bonchev–Trinajstić information content (AvgIpc) is 2.75. The lowest BCUT2D eigenvalue weighted by molar-refractivity contribution is 0.0716. The van der Waals surface area contributed by atoms with Crippen molar-refractivity contribution in [2.75, 3.05) is 27.2 Å². The quantitative estimate of drug-likeness (QED) is 0.805. The van der Waals surface area contributed by atoms with Crippen molar-refractivity contribution >= 4 is 29.1 Å². The van der Waals surface area contributed by atoms with Crippen molar-refractivity contribution in [1.29, 1.82) is 0 Å². The Hall–Kier alpha value is -0.840. The maximum Gasteiger partial charge on any atom is 0.257 e. The number of aromatic nitrogens is 1. The molecule has 1 aliphatic heterocycles. The summed E-state index contributed by atoms with van der Waals surface area (Å²) < 4.78 is 0. The van der Waals surface area contributed by atoms with Crippen LogP contribution in [-0.4, -0.2) is 53.9 Å². The first-order chi connectivity index (χ1) is 8.99. The van der Waals surface area contributed by atoms with E-state index in [2.05, 4.69) is 9.88 Å². The van der Waals surface area contributed by atoms with Crippen LogP contribution >= 0.6 is 23.2 Å². The summed E-state index contributed by atoms with van der Waals surface area (Å²) in [6.45, 7) is 1.64. The summed E-state index contributed by atoms with van der Waals surface area (Å²) in [6.07, 6.45) is 2.06. The van der Waals surface area contributed by atoms with Gasteiger partial charge < -0.3 is 9.80 Å². The van der Waals surface area contributed by atoms with E-state index < -0.39 is 0 Å². The molecule has 1 unspecified atom stereocenters. The molecule has 104 valence electrons. The van der Waals surface area contributed by atoms with Gasteiger partial charge in [-0.05, 0) is 39.1 Å². The van der Waals surface area contributed by atoms with E-state index in [0.29, 0.717) is 10.7 Å². The number of hydrogen-bond donors (Lipinski definition) is 0. The second kappa shape index (κ2) is 6.07. The molecule has 0 bridgehead atoms. The number of amides is 1. The number of rotatable bonds is 3. The Bertz CT molecular complexity index is 479. The lowest BCUT2D eigenvalue weighted by atomic mass is 10.2. The molecule has 0 aliphatic carbocycles. The average molecular weight is 302 g/mol. The number of carbonyl (C=O) groups excluding carboxylic acids is 1. The Labute approximate surface area is 123 Å². The minimum Gasteiger partial charge on any atom is -0.334 e. The van der Waals surface area contributed by atoms with Crippen LogP contribution in [0.5, 0.6) is 0 Å². The predicted octanol–water partition coefficient (Wildman–Crippen LogP) is 2.55. The smallest absolute Gasteiger partial charge is 0.257 e. The predicted molar refractivity (Wildman–Crippen MR) is 76.9 cm³/mol. The van der Waals surface area contributed by atoms with Crippen LogP contribution in [0.4, 0.5) is 0 Å². The van der Waals surface area contributed by atoms with Crippen molar-refractivity contribution in [2.24, 2.45) is 0 Å². The highest BCUT2D eigenvalue weighted by Gasteiger charge is 2.30. The maximum absolute atomic E-state index is 12.5. The number of halogens is 2. The van der Waals surface area contributed by atoms with Gasteiger partial charge in [0.2, 0.25) is 0 Å². The van der Waals surface area contributed by atoms with Gasteiger partial charge in [-0.25, -0.2) is 4.98 Å².